The molecule has 13 heavy (non-hydrogen) atoms. The number of hydrogen-bond acceptors (Lipinski definition) is 2. The van der Waals surface area contributed by atoms with Gasteiger partial charge in [0, 0.05) is 0 Å². The lowest BCUT2D eigenvalue weighted by molar-refractivity contribution is -0.425. The van der Waals surface area contributed by atoms with Gasteiger partial charge in [0.2, 0.25) is 0 Å². The average molecular weight is 240 g/mol. The SMILES string of the molecule is O=[N+]([O-])C1=C(Br)c2ccccc2C1. The molecule has 0 radical (unpaired) electrons. The highest BCUT2D eigenvalue weighted by atomic mass is 79.9. The minimum absolute atomic E-state index is 0.251. The summed E-state index contributed by atoms with van der Waals surface area (Å²) in [5.41, 5.74) is 2.21. The molecule has 0 saturated carbocycles. The van der Waals surface area contributed by atoms with Gasteiger partial charge in [-0.3, -0.25) is 10.1 Å². The van der Waals surface area contributed by atoms with Gasteiger partial charge >= 0.3 is 0 Å². The van der Waals surface area contributed by atoms with Crippen LogP contribution in [-0.2, 0) is 6.42 Å². The maximum atomic E-state index is 10.6. The van der Waals surface area contributed by atoms with E-state index in [1.54, 1.807) is 0 Å². The Hall–Kier alpha value is -1.16. The first-order valence-corrected chi connectivity index (χ1v) is 4.61. The third kappa shape index (κ3) is 1.27. The maximum absolute atomic E-state index is 10.6. The highest BCUT2D eigenvalue weighted by molar-refractivity contribution is 9.15. The largest absolute Gasteiger partial charge is 0.265 e. The Morgan fingerprint density at radius 2 is 2.08 bits per heavy atom. The standard InChI is InChI=1S/C9H6BrNO2/c10-9-7-4-2-1-3-6(7)5-8(9)11(12)13/h1-4H,5H2. The number of fused-ring (bicyclic) bond motifs is 1. The summed E-state index contributed by atoms with van der Waals surface area (Å²) in [6.45, 7) is 0. The third-order valence-electron chi connectivity index (χ3n) is 2.09. The molecular formula is C9H6BrNO2. The Balaban J connectivity index is 2.53. The van der Waals surface area contributed by atoms with Crippen LogP contribution in [0.5, 0.6) is 0 Å². The van der Waals surface area contributed by atoms with Gasteiger partial charge in [0.05, 0.1) is 15.8 Å². The average Bonchev–Trinajstić information content (AvgIpc) is 2.45. The fourth-order valence-corrected chi connectivity index (χ4v) is 2.12. The third-order valence-corrected chi connectivity index (χ3v) is 2.97. The molecule has 0 bridgehead atoms. The molecular weight excluding hydrogens is 234 g/mol. The number of nitrogens with zero attached hydrogens (tertiary/aromatic N) is 1. The van der Waals surface area contributed by atoms with E-state index in [1.165, 1.54) is 0 Å². The van der Waals surface area contributed by atoms with Crippen LogP contribution in [0, 0.1) is 10.1 Å². The van der Waals surface area contributed by atoms with E-state index in [4.69, 9.17) is 0 Å². The number of allylic oxidation sites excluding steroid dienone is 1. The fraction of sp³-hybridized carbons (Fsp3) is 0.111. The molecule has 1 aromatic carbocycles. The van der Waals surface area contributed by atoms with Crippen molar-refractivity contribution < 1.29 is 4.92 Å². The zero-order chi connectivity index (χ0) is 9.42. The second kappa shape index (κ2) is 2.96. The highest BCUT2D eigenvalue weighted by Crippen LogP contribution is 2.36. The second-order valence-electron chi connectivity index (χ2n) is 2.85. The quantitative estimate of drug-likeness (QED) is 0.559. The molecule has 3 nitrogen and oxygen atoms in total. The summed E-state index contributed by atoms with van der Waals surface area (Å²) in [6, 6.07) is 7.56. The van der Waals surface area contributed by atoms with Gasteiger partial charge in [0.25, 0.3) is 5.70 Å². The van der Waals surface area contributed by atoms with E-state index in [9.17, 15) is 10.1 Å². The molecule has 1 aromatic rings. The van der Waals surface area contributed by atoms with Crippen LogP contribution >= 0.6 is 15.9 Å². The molecule has 0 amide bonds. The van der Waals surface area contributed by atoms with Crippen LogP contribution in [0.15, 0.2) is 30.0 Å². The molecule has 0 heterocycles. The van der Waals surface area contributed by atoms with E-state index in [1.807, 2.05) is 24.3 Å². The van der Waals surface area contributed by atoms with Crippen molar-refractivity contribution in [3.05, 3.63) is 51.2 Å². The zero-order valence-electron chi connectivity index (χ0n) is 6.66. The summed E-state index contributed by atoms with van der Waals surface area (Å²) < 4.78 is 0.619. The number of hydrogen-bond donors (Lipinski definition) is 0. The van der Waals surface area contributed by atoms with Crippen molar-refractivity contribution in [3.8, 4) is 0 Å². The van der Waals surface area contributed by atoms with Crippen molar-refractivity contribution in [1.82, 2.24) is 0 Å². The van der Waals surface area contributed by atoms with E-state index < -0.39 is 0 Å². The van der Waals surface area contributed by atoms with E-state index in [0.717, 1.165) is 11.1 Å². The highest BCUT2D eigenvalue weighted by Gasteiger charge is 2.27. The van der Waals surface area contributed by atoms with Crippen LogP contribution in [0.3, 0.4) is 0 Å². The van der Waals surface area contributed by atoms with Crippen molar-refractivity contribution in [3.63, 3.8) is 0 Å². The van der Waals surface area contributed by atoms with Crippen LogP contribution in [0.25, 0.3) is 4.48 Å². The monoisotopic (exact) mass is 239 g/mol. The predicted molar refractivity (Wildman–Crippen MR) is 53.0 cm³/mol. The van der Waals surface area contributed by atoms with Gasteiger partial charge < -0.3 is 0 Å². The van der Waals surface area contributed by atoms with E-state index in [-0.39, 0.29) is 10.6 Å². The van der Waals surface area contributed by atoms with E-state index in [0.29, 0.717) is 10.9 Å². The molecule has 1 aliphatic rings. The summed E-state index contributed by atoms with van der Waals surface area (Å²) in [7, 11) is 0. The zero-order valence-corrected chi connectivity index (χ0v) is 8.24. The van der Waals surface area contributed by atoms with Crippen LogP contribution in [0.4, 0.5) is 0 Å². The number of benzene rings is 1. The van der Waals surface area contributed by atoms with E-state index >= 15 is 0 Å². The molecule has 0 saturated heterocycles. The van der Waals surface area contributed by atoms with Crippen LogP contribution < -0.4 is 0 Å². The minimum atomic E-state index is -0.329. The fourth-order valence-electron chi connectivity index (χ4n) is 1.45. The molecule has 2 rings (SSSR count). The van der Waals surface area contributed by atoms with Gasteiger partial charge in [-0.05, 0) is 27.1 Å². The molecule has 0 unspecified atom stereocenters. The molecule has 0 atom stereocenters. The van der Waals surface area contributed by atoms with Gasteiger partial charge in [0.1, 0.15) is 0 Å². The summed E-state index contributed by atoms with van der Waals surface area (Å²) in [6.07, 6.45) is 0.420. The summed E-state index contributed by atoms with van der Waals surface area (Å²) in [4.78, 5) is 10.3. The summed E-state index contributed by atoms with van der Waals surface area (Å²) in [5, 5.41) is 10.6. The normalized spacial score (nSPS) is 14.5. The van der Waals surface area contributed by atoms with Gasteiger partial charge in [0.15, 0.2) is 0 Å². The van der Waals surface area contributed by atoms with Crippen molar-refractivity contribution in [1.29, 1.82) is 0 Å². The van der Waals surface area contributed by atoms with Gasteiger partial charge in [-0.2, -0.15) is 0 Å². The van der Waals surface area contributed by atoms with Gasteiger partial charge in [-0.25, -0.2) is 0 Å². The lowest BCUT2D eigenvalue weighted by Gasteiger charge is -1.94. The molecule has 0 spiro atoms. The Morgan fingerprint density at radius 3 is 2.69 bits per heavy atom. The second-order valence-corrected chi connectivity index (χ2v) is 3.64. The molecule has 4 heteroatoms. The van der Waals surface area contributed by atoms with Crippen LogP contribution in [0.2, 0.25) is 0 Å². The van der Waals surface area contributed by atoms with Crippen molar-refractivity contribution in [2.24, 2.45) is 0 Å². The molecule has 1 aliphatic carbocycles. The molecule has 0 N–H and O–H groups in total. The Bertz CT molecular complexity index is 412. The molecule has 66 valence electrons. The number of halogens is 1. The smallest absolute Gasteiger partial charge is 0.259 e. The van der Waals surface area contributed by atoms with Gasteiger partial charge in [-0.15, -0.1) is 0 Å². The Kier molecular flexibility index (Phi) is 1.92. The molecule has 0 aliphatic heterocycles. The Labute approximate surface area is 83.4 Å². The van der Waals surface area contributed by atoms with Gasteiger partial charge in [-0.1, -0.05) is 24.3 Å². The maximum Gasteiger partial charge on any atom is 0.265 e. The topological polar surface area (TPSA) is 43.1 Å². The molecule has 0 fully saturated rings. The Morgan fingerprint density at radius 1 is 1.38 bits per heavy atom. The first kappa shape index (κ1) is 8.44. The van der Waals surface area contributed by atoms with Crippen LogP contribution in [0.1, 0.15) is 11.1 Å². The predicted octanol–water partition coefficient (Wildman–Crippen LogP) is 2.58. The first-order chi connectivity index (χ1) is 6.20. The summed E-state index contributed by atoms with van der Waals surface area (Å²) in [5.74, 6) is 0. The molecule has 0 aromatic heterocycles. The number of rotatable bonds is 1. The van der Waals surface area contributed by atoms with E-state index in [2.05, 4.69) is 15.9 Å². The lowest BCUT2D eigenvalue weighted by atomic mass is 10.1. The first-order valence-electron chi connectivity index (χ1n) is 3.81. The van der Waals surface area contributed by atoms with Crippen molar-refractivity contribution in [2.45, 2.75) is 6.42 Å². The summed E-state index contributed by atoms with van der Waals surface area (Å²) >= 11 is 3.24. The van der Waals surface area contributed by atoms with Crippen LogP contribution in [-0.4, -0.2) is 4.92 Å². The number of nitro groups is 1. The van der Waals surface area contributed by atoms with Crippen molar-refractivity contribution >= 4 is 20.4 Å². The van der Waals surface area contributed by atoms with Crippen molar-refractivity contribution in [2.75, 3.05) is 0 Å². The lowest BCUT2D eigenvalue weighted by Crippen LogP contribution is -1.97. The minimum Gasteiger partial charge on any atom is -0.259 e.